The number of carbonyl (C=O) groups excluding carboxylic acids is 3. The molecule has 0 aromatic carbocycles. The fourth-order valence-electron chi connectivity index (χ4n) is 2.41. The van der Waals surface area contributed by atoms with Crippen LogP contribution >= 0.6 is 0 Å². The second kappa shape index (κ2) is 8.12. The zero-order valence-corrected chi connectivity index (χ0v) is 13.6. The van der Waals surface area contributed by atoms with Crippen molar-refractivity contribution in [2.24, 2.45) is 11.7 Å². The van der Waals surface area contributed by atoms with Crippen molar-refractivity contribution in [3.8, 4) is 0 Å². The Hall–Kier alpha value is -1.63. The summed E-state index contributed by atoms with van der Waals surface area (Å²) < 4.78 is 5.13. The van der Waals surface area contributed by atoms with Crippen molar-refractivity contribution in [2.45, 2.75) is 58.1 Å². The van der Waals surface area contributed by atoms with Gasteiger partial charge in [0.1, 0.15) is 5.60 Å². The molecular weight excluding hydrogens is 286 g/mol. The van der Waals surface area contributed by atoms with Gasteiger partial charge in [-0.15, -0.1) is 0 Å². The Kier molecular flexibility index (Phi) is 6.80. The fourth-order valence-corrected chi connectivity index (χ4v) is 2.41. The topological polar surface area (TPSA) is 111 Å². The number of piperidine rings is 1. The number of amides is 2. The third-order valence-corrected chi connectivity index (χ3v) is 3.43. The van der Waals surface area contributed by atoms with E-state index in [4.69, 9.17) is 10.5 Å². The minimum atomic E-state index is -0.915. The van der Waals surface area contributed by atoms with Gasteiger partial charge in [-0.25, -0.2) is 4.79 Å². The molecule has 0 spiro atoms. The van der Waals surface area contributed by atoms with Crippen LogP contribution < -0.4 is 16.4 Å². The number of carbonyl (C=O) groups is 3. The Balaban J connectivity index is 2.59. The highest BCUT2D eigenvalue weighted by molar-refractivity contribution is 5.91. The van der Waals surface area contributed by atoms with Crippen LogP contribution in [0.1, 0.15) is 46.5 Å². The van der Waals surface area contributed by atoms with Gasteiger partial charge in [-0.2, -0.15) is 0 Å². The highest BCUT2D eigenvalue weighted by Crippen LogP contribution is 2.18. The lowest BCUT2D eigenvalue weighted by atomic mass is 9.90. The smallest absolute Gasteiger partial charge is 0.408 e. The minimum Gasteiger partial charge on any atom is -0.444 e. The molecule has 1 saturated heterocycles. The third kappa shape index (κ3) is 7.40. The van der Waals surface area contributed by atoms with Gasteiger partial charge < -0.3 is 21.1 Å². The number of primary amides is 1. The van der Waals surface area contributed by atoms with E-state index in [0.717, 1.165) is 25.9 Å². The molecular formula is C15H27N3O4. The van der Waals surface area contributed by atoms with E-state index < -0.39 is 23.6 Å². The van der Waals surface area contributed by atoms with Gasteiger partial charge in [-0.3, -0.25) is 9.59 Å². The molecule has 2 amide bonds. The van der Waals surface area contributed by atoms with Crippen molar-refractivity contribution in [3.63, 3.8) is 0 Å². The molecule has 1 heterocycles. The van der Waals surface area contributed by atoms with Crippen molar-refractivity contribution < 1.29 is 19.1 Å². The maximum atomic E-state index is 12.3. The van der Waals surface area contributed by atoms with Gasteiger partial charge in [0.25, 0.3) is 0 Å². The first kappa shape index (κ1) is 18.4. The Labute approximate surface area is 131 Å². The van der Waals surface area contributed by atoms with E-state index in [0.29, 0.717) is 6.42 Å². The SMILES string of the molecule is CC(C)(C)OC(=O)N[C@@H](CC(N)=O)C(=O)CC1CCNCC1. The molecule has 1 atom stereocenters. The van der Waals surface area contributed by atoms with E-state index in [9.17, 15) is 14.4 Å². The van der Waals surface area contributed by atoms with Gasteiger partial charge in [0.05, 0.1) is 12.5 Å². The molecule has 0 aromatic heterocycles. The van der Waals surface area contributed by atoms with Crippen LogP contribution in [0.5, 0.6) is 0 Å². The van der Waals surface area contributed by atoms with Crippen molar-refractivity contribution in [1.82, 2.24) is 10.6 Å². The molecule has 1 aliphatic heterocycles. The first-order chi connectivity index (χ1) is 10.2. The number of Topliss-reactive ketones (excluding diaryl/α,β-unsaturated/α-hetero) is 1. The summed E-state index contributed by atoms with van der Waals surface area (Å²) in [6.07, 6.45) is 1.26. The Bertz CT molecular complexity index is 412. The average molecular weight is 313 g/mol. The molecule has 0 unspecified atom stereocenters. The molecule has 7 nitrogen and oxygen atoms in total. The van der Waals surface area contributed by atoms with Gasteiger partial charge in [0.2, 0.25) is 5.91 Å². The van der Waals surface area contributed by atoms with Gasteiger partial charge in [-0.05, 0) is 52.6 Å². The van der Waals surface area contributed by atoms with Crippen molar-refractivity contribution >= 4 is 17.8 Å². The molecule has 0 bridgehead atoms. The molecule has 0 saturated carbocycles. The number of ketones is 1. The Morgan fingerprint density at radius 3 is 2.36 bits per heavy atom. The standard InChI is InChI=1S/C15H27N3O4/c1-15(2,3)22-14(21)18-11(9-13(16)20)12(19)8-10-4-6-17-7-5-10/h10-11,17H,4-9H2,1-3H3,(H2,16,20)(H,18,21)/t11-/m0/s1. The summed E-state index contributed by atoms with van der Waals surface area (Å²) in [5, 5.41) is 5.70. The first-order valence-corrected chi connectivity index (χ1v) is 7.68. The van der Waals surface area contributed by atoms with E-state index in [1.54, 1.807) is 20.8 Å². The zero-order chi connectivity index (χ0) is 16.8. The van der Waals surface area contributed by atoms with Crippen LogP contribution in [0.25, 0.3) is 0 Å². The molecule has 22 heavy (non-hydrogen) atoms. The molecule has 0 radical (unpaired) electrons. The summed E-state index contributed by atoms with van der Waals surface area (Å²) >= 11 is 0. The van der Waals surface area contributed by atoms with Crippen LogP contribution in [-0.2, 0) is 14.3 Å². The van der Waals surface area contributed by atoms with Crippen LogP contribution in [0.3, 0.4) is 0 Å². The van der Waals surface area contributed by atoms with Crippen molar-refractivity contribution in [3.05, 3.63) is 0 Å². The molecule has 126 valence electrons. The maximum absolute atomic E-state index is 12.3. The normalized spacial score (nSPS) is 17.6. The first-order valence-electron chi connectivity index (χ1n) is 7.68. The molecule has 1 rings (SSSR count). The quantitative estimate of drug-likeness (QED) is 0.669. The summed E-state index contributed by atoms with van der Waals surface area (Å²) in [6, 6.07) is -0.915. The average Bonchev–Trinajstić information content (AvgIpc) is 2.36. The highest BCUT2D eigenvalue weighted by Gasteiger charge is 2.28. The zero-order valence-electron chi connectivity index (χ0n) is 13.6. The van der Waals surface area contributed by atoms with Crippen LogP contribution in [-0.4, -0.2) is 42.5 Å². The second-order valence-corrected chi connectivity index (χ2v) is 6.73. The summed E-state index contributed by atoms with van der Waals surface area (Å²) in [4.78, 5) is 35.3. The van der Waals surface area contributed by atoms with Gasteiger partial charge in [0, 0.05) is 6.42 Å². The number of alkyl carbamates (subject to hydrolysis) is 1. The molecule has 4 N–H and O–H groups in total. The number of hydrogen-bond donors (Lipinski definition) is 3. The number of ether oxygens (including phenoxy) is 1. The van der Waals surface area contributed by atoms with E-state index in [2.05, 4.69) is 10.6 Å². The summed E-state index contributed by atoms with van der Waals surface area (Å²) in [7, 11) is 0. The number of nitrogens with one attached hydrogen (secondary N) is 2. The Morgan fingerprint density at radius 1 is 1.27 bits per heavy atom. The lowest BCUT2D eigenvalue weighted by Gasteiger charge is -2.25. The largest absolute Gasteiger partial charge is 0.444 e. The van der Waals surface area contributed by atoms with E-state index in [1.165, 1.54) is 0 Å². The summed E-state index contributed by atoms with van der Waals surface area (Å²) in [5.74, 6) is -0.513. The fraction of sp³-hybridized carbons (Fsp3) is 0.800. The van der Waals surface area contributed by atoms with Crippen molar-refractivity contribution in [1.29, 1.82) is 0 Å². The summed E-state index contributed by atoms with van der Waals surface area (Å²) in [6.45, 7) is 6.96. The van der Waals surface area contributed by atoms with Gasteiger partial charge in [0.15, 0.2) is 5.78 Å². The maximum Gasteiger partial charge on any atom is 0.408 e. The van der Waals surface area contributed by atoms with Crippen LogP contribution in [0.15, 0.2) is 0 Å². The van der Waals surface area contributed by atoms with E-state index in [1.807, 2.05) is 0 Å². The predicted molar refractivity (Wildman–Crippen MR) is 82.2 cm³/mol. The minimum absolute atomic E-state index is 0.170. The number of hydrogen-bond acceptors (Lipinski definition) is 5. The second-order valence-electron chi connectivity index (χ2n) is 6.73. The predicted octanol–water partition coefficient (Wildman–Crippen LogP) is 0.714. The van der Waals surface area contributed by atoms with Gasteiger partial charge >= 0.3 is 6.09 Å². The Morgan fingerprint density at radius 2 is 1.86 bits per heavy atom. The van der Waals surface area contributed by atoms with Crippen LogP contribution in [0, 0.1) is 5.92 Å². The highest BCUT2D eigenvalue weighted by atomic mass is 16.6. The molecule has 1 aliphatic rings. The van der Waals surface area contributed by atoms with E-state index >= 15 is 0 Å². The summed E-state index contributed by atoms with van der Waals surface area (Å²) in [5.41, 5.74) is 4.51. The molecule has 7 heteroatoms. The van der Waals surface area contributed by atoms with Gasteiger partial charge in [-0.1, -0.05) is 0 Å². The monoisotopic (exact) mass is 313 g/mol. The van der Waals surface area contributed by atoms with E-state index in [-0.39, 0.29) is 18.1 Å². The third-order valence-electron chi connectivity index (χ3n) is 3.43. The number of rotatable bonds is 6. The lowest BCUT2D eigenvalue weighted by molar-refractivity contribution is -0.126. The number of nitrogens with two attached hydrogens (primary N) is 1. The molecule has 0 aliphatic carbocycles. The lowest BCUT2D eigenvalue weighted by Crippen LogP contribution is -2.46. The molecule has 1 fully saturated rings. The van der Waals surface area contributed by atoms with Crippen molar-refractivity contribution in [2.75, 3.05) is 13.1 Å². The van der Waals surface area contributed by atoms with Crippen LogP contribution in [0.4, 0.5) is 4.79 Å². The molecule has 0 aromatic rings. The van der Waals surface area contributed by atoms with Crippen LogP contribution in [0.2, 0.25) is 0 Å².